The summed E-state index contributed by atoms with van der Waals surface area (Å²) in [6, 6.07) is 3.56. The van der Waals surface area contributed by atoms with Gasteiger partial charge in [-0.05, 0) is 44.1 Å². The van der Waals surface area contributed by atoms with Crippen LogP contribution in [0.3, 0.4) is 0 Å². The third-order valence-electron chi connectivity index (χ3n) is 5.57. The zero-order valence-electron chi connectivity index (χ0n) is 13.6. The Kier molecular flexibility index (Phi) is 5.34. The lowest BCUT2D eigenvalue weighted by atomic mass is 9.83. The number of hydrogen-bond donors (Lipinski definition) is 1. The largest absolute Gasteiger partial charge is 0.308 e. The fourth-order valence-corrected chi connectivity index (χ4v) is 4.26. The molecule has 2 aliphatic carbocycles. The Morgan fingerprint density at radius 2 is 1.86 bits per heavy atom. The predicted octanol–water partition coefficient (Wildman–Crippen LogP) is 4.45. The zero-order chi connectivity index (χ0) is 14.5. The quantitative estimate of drug-likeness (QED) is 0.838. The number of rotatable bonds is 6. The van der Waals surface area contributed by atoms with Gasteiger partial charge in [0.25, 0.3) is 0 Å². The van der Waals surface area contributed by atoms with Crippen LogP contribution < -0.4 is 5.32 Å². The van der Waals surface area contributed by atoms with E-state index in [0.29, 0.717) is 12.1 Å². The first kappa shape index (κ1) is 15.1. The molecular formula is C18H31N3. The highest BCUT2D eigenvalue weighted by Crippen LogP contribution is 2.29. The zero-order valence-corrected chi connectivity index (χ0v) is 13.6. The molecule has 2 fully saturated rings. The van der Waals surface area contributed by atoms with Crippen LogP contribution in [0.5, 0.6) is 0 Å². The van der Waals surface area contributed by atoms with E-state index < -0.39 is 0 Å². The fraction of sp³-hybridized carbons (Fsp3) is 0.833. The summed E-state index contributed by atoms with van der Waals surface area (Å²) in [5.74, 6) is 0.890. The summed E-state index contributed by atoms with van der Waals surface area (Å²) in [7, 11) is 0. The summed E-state index contributed by atoms with van der Waals surface area (Å²) >= 11 is 0. The van der Waals surface area contributed by atoms with Gasteiger partial charge in [0.2, 0.25) is 0 Å². The molecule has 1 heterocycles. The van der Waals surface area contributed by atoms with Crippen LogP contribution >= 0.6 is 0 Å². The van der Waals surface area contributed by atoms with Crippen molar-refractivity contribution in [1.29, 1.82) is 0 Å². The molecule has 3 nitrogen and oxygen atoms in total. The Hall–Kier alpha value is -0.830. The van der Waals surface area contributed by atoms with E-state index in [4.69, 9.17) is 5.10 Å². The van der Waals surface area contributed by atoms with Gasteiger partial charge in [-0.15, -0.1) is 0 Å². The van der Waals surface area contributed by atoms with Crippen LogP contribution in [0.2, 0.25) is 0 Å². The van der Waals surface area contributed by atoms with Crippen molar-refractivity contribution in [3.63, 3.8) is 0 Å². The van der Waals surface area contributed by atoms with Crippen LogP contribution in [0.15, 0.2) is 12.3 Å². The van der Waals surface area contributed by atoms with E-state index >= 15 is 0 Å². The molecular weight excluding hydrogens is 258 g/mol. The minimum Gasteiger partial charge on any atom is -0.308 e. The Morgan fingerprint density at radius 3 is 2.57 bits per heavy atom. The lowest BCUT2D eigenvalue weighted by molar-refractivity contribution is 0.261. The second kappa shape index (κ2) is 7.44. The molecule has 21 heavy (non-hydrogen) atoms. The summed E-state index contributed by atoms with van der Waals surface area (Å²) in [5, 5.41) is 8.58. The van der Waals surface area contributed by atoms with Gasteiger partial charge >= 0.3 is 0 Å². The molecule has 0 bridgehead atoms. The van der Waals surface area contributed by atoms with E-state index in [1.54, 1.807) is 0 Å². The van der Waals surface area contributed by atoms with Crippen molar-refractivity contribution in [3.8, 4) is 0 Å². The van der Waals surface area contributed by atoms with E-state index in [1.165, 1.54) is 69.9 Å². The molecule has 1 aromatic heterocycles. The van der Waals surface area contributed by atoms with Crippen molar-refractivity contribution in [1.82, 2.24) is 15.1 Å². The van der Waals surface area contributed by atoms with Gasteiger partial charge in [-0.1, -0.05) is 39.0 Å². The Balaban J connectivity index is 1.51. The minimum atomic E-state index is 0.666. The normalized spacial score (nSPS) is 22.7. The second-order valence-electron chi connectivity index (χ2n) is 7.02. The second-order valence-corrected chi connectivity index (χ2v) is 7.02. The van der Waals surface area contributed by atoms with E-state index in [0.717, 1.165) is 12.5 Å². The van der Waals surface area contributed by atoms with Gasteiger partial charge in [0.05, 0.1) is 11.7 Å². The summed E-state index contributed by atoms with van der Waals surface area (Å²) in [6.45, 7) is 3.26. The fourth-order valence-electron chi connectivity index (χ4n) is 4.26. The van der Waals surface area contributed by atoms with Crippen molar-refractivity contribution in [2.45, 2.75) is 89.8 Å². The van der Waals surface area contributed by atoms with Crippen LogP contribution in [0, 0.1) is 5.92 Å². The maximum absolute atomic E-state index is 4.80. The highest BCUT2D eigenvalue weighted by Gasteiger charge is 2.22. The van der Waals surface area contributed by atoms with E-state index in [-0.39, 0.29) is 0 Å². The first-order valence-corrected chi connectivity index (χ1v) is 9.14. The number of aromatic nitrogens is 2. The molecule has 3 rings (SSSR count). The molecule has 3 heteroatoms. The van der Waals surface area contributed by atoms with Gasteiger partial charge in [-0.3, -0.25) is 4.68 Å². The summed E-state index contributed by atoms with van der Waals surface area (Å²) in [6.07, 6.45) is 15.9. The maximum atomic E-state index is 4.80. The standard InChI is InChI=1S/C18H31N3/c1-2-18(15-8-4-3-5-9-15)19-14-16-12-13-21(20-16)17-10-6-7-11-17/h12-13,15,17-19H,2-11,14H2,1H3. The molecule has 1 atom stereocenters. The molecule has 0 saturated heterocycles. The van der Waals surface area contributed by atoms with Gasteiger partial charge in [-0.25, -0.2) is 0 Å². The predicted molar refractivity (Wildman–Crippen MR) is 87.2 cm³/mol. The monoisotopic (exact) mass is 289 g/mol. The Labute approximate surface area is 129 Å². The van der Waals surface area contributed by atoms with Crippen molar-refractivity contribution >= 4 is 0 Å². The lowest BCUT2D eigenvalue weighted by Gasteiger charge is -2.30. The molecule has 0 amide bonds. The molecule has 0 spiro atoms. The Morgan fingerprint density at radius 1 is 1.14 bits per heavy atom. The van der Waals surface area contributed by atoms with Gasteiger partial charge < -0.3 is 5.32 Å². The molecule has 118 valence electrons. The van der Waals surface area contributed by atoms with Gasteiger partial charge in [0, 0.05) is 18.8 Å². The van der Waals surface area contributed by atoms with E-state index in [9.17, 15) is 0 Å². The molecule has 0 aromatic carbocycles. The molecule has 0 aliphatic heterocycles. The average molecular weight is 289 g/mol. The van der Waals surface area contributed by atoms with Crippen LogP contribution in [0.4, 0.5) is 0 Å². The van der Waals surface area contributed by atoms with Crippen molar-refractivity contribution in [2.75, 3.05) is 0 Å². The average Bonchev–Trinajstić information content (AvgIpc) is 3.20. The summed E-state index contributed by atoms with van der Waals surface area (Å²) < 4.78 is 2.21. The molecule has 0 radical (unpaired) electrons. The van der Waals surface area contributed by atoms with E-state index in [1.807, 2.05) is 0 Å². The Bertz CT molecular complexity index is 414. The number of nitrogens with one attached hydrogen (secondary N) is 1. The molecule has 1 N–H and O–H groups in total. The first-order chi connectivity index (χ1) is 10.4. The minimum absolute atomic E-state index is 0.666. The van der Waals surface area contributed by atoms with Gasteiger partial charge in [-0.2, -0.15) is 5.10 Å². The third kappa shape index (κ3) is 3.88. The SMILES string of the molecule is CCC(NCc1ccn(C2CCCC2)n1)C1CCCCC1. The van der Waals surface area contributed by atoms with Crippen molar-refractivity contribution < 1.29 is 0 Å². The van der Waals surface area contributed by atoms with Gasteiger partial charge in [0.15, 0.2) is 0 Å². The topological polar surface area (TPSA) is 29.9 Å². The lowest BCUT2D eigenvalue weighted by Crippen LogP contribution is -2.36. The summed E-state index contributed by atoms with van der Waals surface area (Å²) in [5.41, 5.74) is 1.22. The maximum Gasteiger partial charge on any atom is 0.0762 e. The highest BCUT2D eigenvalue weighted by molar-refractivity contribution is 5.00. The summed E-state index contributed by atoms with van der Waals surface area (Å²) in [4.78, 5) is 0. The smallest absolute Gasteiger partial charge is 0.0762 e. The molecule has 2 saturated carbocycles. The number of hydrogen-bond acceptors (Lipinski definition) is 2. The van der Waals surface area contributed by atoms with Crippen molar-refractivity contribution in [3.05, 3.63) is 18.0 Å². The third-order valence-corrected chi connectivity index (χ3v) is 5.57. The number of nitrogens with zero attached hydrogens (tertiary/aromatic N) is 2. The van der Waals surface area contributed by atoms with Crippen LogP contribution in [0.1, 0.15) is 82.9 Å². The first-order valence-electron chi connectivity index (χ1n) is 9.14. The molecule has 1 unspecified atom stereocenters. The van der Waals surface area contributed by atoms with Gasteiger partial charge in [0.1, 0.15) is 0 Å². The van der Waals surface area contributed by atoms with Crippen molar-refractivity contribution in [2.24, 2.45) is 5.92 Å². The van der Waals surface area contributed by atoms with E-state index in [2.05, 4.69) is 29.2 Å². The highest BCUT2D eigenvalue weighted by atomic mass is 15.3. The van der Waals surface area contributed by atoms with Crippen LogP contribution in [0.25, 0.3) is 0 Å². The van der Waals surface area contributed by atoms with Crippen LogP contribution in [-0.2, 0) is 6.54 Å². The molecule has 1 aromatic rings. The van der Waals surface area contributed by atoms with Crippen LogP contribution in [-0.4, -0.2) is 15.8 Å². The molecule has 2 aliphatic rings.